The molecule has 112 valence electrons. The minimum absolute atomic E-state index is 0.0809. The van der Waals surface area contributed by atoms with Gasteiger partial charge in [-0.3, -0.25) is 4.79 Å². The molecule has 6 heteroatoms. The van der Waals surface area contributed by atoms with Gasteiger partial charge >= 0.3 is 0 Å². The van der Waals surface area contributed by atoms with Crippen LogP contribution in [0.2, 0.25) is 0 Å². The van der Waals surface area contributed by atoms with Crippen molar-refractivity contribution in [1.29, 1.82) is 0 Å². The maximum absolute atomic E-state index is 12.4. The second-order valence-electron chi connectivity index (χ2n) is 5.27. The number of rotatable bonds is 2. The number of aromatic nitrogens is 2. The number of nitrogens with one attached hydrogen (secondary N) is 1. The summed E-state index contributed by atoms with van der Waals surface area (Å²) in [5.41, 5.74) is 3.10. The summed E-state index contributed by atoms with van der Waals surface area (Å²) in [5.74, 6) is 2.03. The molecular formula is C16H14N2O3S. The van der Waals surface area contributed by atoms with Crippen LogP contribution in [-0.2, 0) is 6.42 Å². The Morgan fingerprint density at radius 2 is 1.95 bits per heavy atom. The number of aromatic amines is 1. The second kappa shape index (κ2) is 4.58. The van der Waals surface area contributed by atoms with Crippen LogP contribution in [0.15, 0.2) is 16.9 Å². The topological polar surface area (TPSA) is 64.2 Å². The van der Waals surface area contributed by atoms with Gasteiger partial charge in [-0.2, -0.15) is 0 Å². The maximum Gasteiger partial charge on any atom is 0.260 e. The number of benzene rings is 1. The quantitative estimate of drug-likeness (QED) is 0.618. The van der Waals surface area contributed by atoms with E-state index in [1.807, 2.05) is 12.1 Å². The molecule has 2 aromatic heterocycles. The number of hydrogen-bond donors (Lipinski definition) is 1. The number of fused-ring (bicyclic) bond motifs is 5. The van der Waals surface area contributed by atoms with E-state index in [0.717, 1.165) is 27.9 Å². The summed E-state index contributed by atoms with van der Waals surface area (Å²) in [5, 5.41) is 0.677. The minimum Gasteiger partial charge on any atom is -0.493 e. The van der Waals surface area contributed by atoms with E-state index in [9.17, 15) is 4.79 Å². The molecule has 0 fully saturated rings. The van der Waals surface area contributed by atoms with E-state index >= 15 is 0 Å². The smallest absolute Gasteiger partial charge is 0.260 e. The SMILES string of the molecule is COc1cc2c(cc1OC)-c1c(sc3nc(C)[nH]c(=O)c13)C2. The Balaban J connectivity index is 2.05. The molecule has 5 nitrogen and oxygen atoms in total. The number of H-pyrrole nitrogens is 1. The maximum atomic E-state index is 12.4. The Hall–Kier alpha value is -2.34. The zero-order valence-electron chi connectivity index (χ0n) is 12.4. The van der Waals surface area contributed by atoms with Crippen LogP contribution in [0.1, 0.15) is 16.3 Å². The summed E-state index contributed by atoms with van der Waals surface area (Å²) in [4.78, 5) is 21.6. The number of nitrogens with zero attached hydrogens (tertiary/aromatic N) is 1. The normalized spacial score (nSPS) is 12.3. The van der Waals surface area contributed by atoms with Crippen LogP contribution in [0.4, 0.5) is 0 Å². The Labute approximate surface area is 130 Å². The van der Waals surface area contributed by atoms with Crippen LogP contribution in [0, 0.1) is 6.92 Å². The summed E-state index contributed by atoms with van der Waals surface area (Å²) < 4.78 is 10.8. The van der Waals surface area contributed by atoms with Gasteiger partial charge in [0.2, 0.25) is 0 Å². The lowest BCUT2D eigenvalue weighted by atomic mass is 10.0. The van der Waals surface area contributed by atoms with Gasteiger partial charge < -0.3 is 14.5 Å². The highest BCUT2D eigenvalue weighted by molar-refractivity contribution is 7.19. The second-order valence-corrected chi connectivity index (χ2v) is 6.36. The lowest BCUT2D eigenvalue weighted by Gasteiger charge is -2.10. The summed E-state index contributed by atoms with van der Waals surface area (Å²) in [7, 11) is 3.24. The van der Waals surface area contributed by atoms with Crippen molar-refractivity contribution >= 4 is 21.6 Å². The number of methoxy groups -OCH3 is 2. The predicted octanol–water partition coefficient (Wildman–Crippen LogP) is 2.88. The fourth-order valence-corrected chi connectivity index (χ4v) is 4.30. The van der Waals surface area contributed by atoms with Gasteiger partial charge in [-0.15, -0.1) is 11.3 Å². The van der Waals surface area contributed by atoms with Crippen LogP contribution in [0.25, 0.3) is 21.3 Å². The van der Waals surface area contributed by atoms with Crippen molar-refractivity contribution in [3.05, 3.63) is 38.8 Å². The van der Waals surface area contributed by atoms with Gasteiger partial charge in [0, 0.05) is 16.9 Å². The predicted molar refractivity (Wildman–Crippen MR) is 86.3 cm³/mol. The van der Waals surface area contributed by atoms with Crippen LogP contribution < -0.4 is 15.0 Å². The first kappa shape index (κ1) is 13.3. The largest absolute Gasteiger partial charge is 0.493 e. The average Bonchev–Trinajstić information content (AvgIpc) is 3.00. The fourth-order valence-electron chi connectivity index (χ4n) is 3.04. The molecule has 4 rings (SSSR count). The molecule has 1 aromatic carbocycles. The highest BCUT2D eigenvalue weighted by Crippen LogP contribution is 2.48. The van der Waals surface area contributed by atoms with E-state index in [0.29, 0.717) is 22.7 Å². The first-order chi connectivity index (χ1) is 10.6. The standard InChI is InChI=1S/C16H14N2O3S/c1-7-17-15(19)14-13-9-6-11(21-3)10(20-2)4-8(9)5-12(13)22-16(14)18-7/h4,6H,5H2,1-3H3,(H,17,18,19). The Morgan fingerprint density at radius 3 is 2.68 bits per heavy atom. The third-order valence-electron chi connectivity index (χ3n) is 3.98. The van der Waals surface area contributed by atoms with Crippen molar-refractivity contribution in [3.8, 4) is 22.6 Å². The summed E-state index contributed by atoms with van der Waals surface area (Å²) in [6.45, 7) is 1.80. The monoisotopic (exact) mass is 314 g/mol. The molecular weight excluding hydrogens is 300 g/mol. The van der Waals surface area contributed by atoms with Crippen molar-refractivity contribution in [1.82, 2.24) is 9.97 Å². The van der Waals surface area contributed by atoms with E-state index in [2.05, 4.69) is 9.97 Å². The fraction of sp³-hybridized carbons (Fsp3) is 0.250. The zero-order valence-corrected chi connectivity index (χ0v) is 13.3. The third kappa shape index (κ3) is 1.70. The summed E-state index contributed by atoms with van der Waals surface area (Å²) in [6.07, 6.45) is 0.796. The Morgan fingerprint density at radius 1 is 1.23 bits per heavy atom. The number of aryl methyl sites for hydroxylation is 1. The van der Waals surface area contributed by atoms with Crippen LogP contribution >= 0.6 is 11.3 Å². The van der Waals surface area contributed by atoms with E-state index in [1.54, 1.807) is 32.5 Å². The molecule has 3 aromatic rings. The molecule has 0 atom stereocenters. The molecule has 0 saturated carbocycles. The molecule has 0 saturated heterocycles. The molecule has 0 bridgehead atoms. The zero-order chi connectivity index (χ0) is 15.4. The van der Waals surface area contributed by atoms with Crippen molar-refractivity contribution in [2.24, 2.45) is 0 Å². The number of thiophene rings is 1. The minimum atomic E-state index is -0.0809. The molecule has 2 heterocycles. The van der Waals surface area contributed by atoms with Crippen LogP contribution in [-0.4, -0.2) is 24.2 Å². The van der Waals surface area contributed by atoms with Crippen molar-refractivity contribution in [2.45, 2.75) is 13.3 Å². The van der Waals surface area contributed by atoms with E-state index in [1.165, 1.54) is 4.88 Å². The first-order valence-corrected chi connectivity index (χ1v) is 7.71. The molecule has 0 spiro atoms. The van der Waals surface area contributed by atoms with Crippen LogP contribution in [0.5, 0.6) is 11.5 Å². The molecule has 1 N–H and O–H groups in total. The van der Waals surface area contributed by atoms with Gasteiger partial charge in [0.1, 0.15) is 10.7 Å². The van der Waals surface area contributed by atoms with Gasteiger partial charge in [-0.1, -0.05) is 0 Å². The summed E-state index contributed by atoms with van der Waals surface area (Å²) >= 11 is 1.59. The Bertz CT molecular complexity index is 972. The van der Waals surface area contributed by atoms with Crippen molar-refractivity contribution in [3.63, 3.8) is 0 Å². The number of hydrogen-bond acceptors (Lipinski definition) is 5. The van der Waals surface area contributed by atoms with Crippen molar-refractivity contribution < 1.29 is 9.47 Å². The Kier molecular flexibility index (Phi) is 2.77. The molecule has 1 aliphatic rings. The molecule has 0 unspecified atom stereocenters. The van der Waals surface area contributed by atoms with Gasteiger partial charge in [-0.25, -0.2) is 4.98 Å². The highest BCUT2D eigenvalue weighted by Gasteiger charge is 2.27. The van der Waals surface area contributed by atoms with E-state index in [-0.39, 0.29) is 5.56 Å². The van der Waals surface area contributed by atoms with E-state index < -0.39 is 0 Å². The lowest BCUT2D eigenvalue weighted by molar-refractivity contribution is 0.355. The van der Waals surface area contributed by atoms with E-state index in [4.69, 9.17) is 9.47 Å². The third-order valence-corrected chi connectivity index (χ3v) is 5.07. The average molecular weight is 314 g/mol. The van der Waals surface area contributed by atoms with Gasteiger partial charge in [-0.05, 0) is 30.2 Å². The lowest BCUT2D eigenvalue weighted by Crippen LogP contribution is -2.08. The van der Waals surface area contributed by atoms with Crippen molar-refractivity contribution in [2.75, 3.05) is 14.2 Å². The number of ether oxygens (including phenoxy) is 2. The summed E-state index contributed by atoms with van der Waals surface area (Å²) in [6, 6.07) is 3.94. The van der Waals surface area contributed by atoms with Gasteiger partial charge in [0.15, 0.2) is 11.5 Å². The van der Waals surface area contributed by atoms with Crippen LogP contribution in [0.3, 0.4) is 0 Å². The van der Waals surface area contributed by atoms with Gasteiger partial charge in [0.25, 0.3) is 5.56 Å². The van der Waals surface area contributed by atoms with Gasteiger partial charge in [0.05, 0.1) is 19.6 Å². The molecule has 0 amide bonds. The molecule has 22 heavy (non-hydrogen) atoms. The molecule has 0 aliphatic heterocycles. The highest BCUT2D eigenvalue weighted by atomic mass is 32.1. The molecule has 1 aliphatic carbocycles. The first-order valence-electron chi connectivity index (χ1n) is 6.90. The molecule has 0 radical (unpaired) electrons.